The first-order chi connectivity index (χ1) is 15.1. The molecule has 32 heavy (non-hydrogen) atoms. The van der Waals surface area contributed by atoms with Crippen molar-refractivity contribution >= 4 is 28.2 Å². The fourth-order valence-corrected chi connectivity index (χ4v) is 4.47. The number of aryl methyl sites for hydroxylation is 1. The van der Waals surface area contributed by atoms with E-state index in [9.17, 15) is 0 Å². The van der Waals surface area contributed by atoms with Crippen LogP contribution in [0.4, 0.5) is 5.69 Å². The van der Waals surface area contributed by atoms with E-state index < -0.39 is 5.79 Å². The normalized spacial score (nSPS) is 18.5. The molecule has 0 saturated carbocycles. The summed E-state index contributed by atoms with van der Waals surface area (Å²) in [6.07, 6.45) is 6.38. The maximum Gasteiger partial charge on any atom is 0.162 e. The SMILES string of the molecule is CCCC/C(=C(/C)CC)N(CC1(C)COC(C)(C)OC1)c1c(C)cnc2cc(Cl)ccc12. The number of unbranched alkanes of at least 4 members (excludes halogenated alkanes) is 1. The molecule has 2 aromatic rings. The van der Waals surface area contributed by atoms with Crippen molar-refractivity contribution in [2.24, 2.45) is 5.41 Å². The molecule has 1 aliphatic rings. The Morgan fingerprint density at radius 2 is 1.84 bits per heavy atom. The summed E-state index contributed by atoms with van der Waals surface area (Å²) in [5.74, 6) is -0.527. The average molecular weight is 459 g/mol. The summed E-state index contributed by atoms with van der Waals surface area (Å²) in [5.41, 5.74) is 6.02. The van der Waals surface area contributed by atoms with E-state index in [1.807, 2.05) is 32.2 Å². The lowest BCUT2D eigenvalue weighted by atomic mass is 9.89. The van der Waals surface area contributed by atoms with Crippen molar-refractivity contribution in [3.05, 3.63) is 46.3 Å². The van der Waals surface area contributed by atoms with Crippen LogP contribution in [0.15, 0.2) is 35.7 Å². The molecule has 4 nitrogen and oxygen atoms in total. The zero-order chi connectivity index (χ0) is 23.5. The van der Waals surface area contributed by atoms with Crippen LogP contribution in [-0.4, -0.2) is 30.5 Å². The van der Waals surface area contributed by atoms with Gasteiger partial charge in [-0.15, -0.1) is 0 Å². The average Bonchev–Trinajstić information content (AvgIpc) is 2.75. The van der Waals surface area contributed by atoms with Gasteiger partial charge in [0.1, 0.15) is 0 Å². The molecule has 1 fully saturated rings. The standard InChI is InChI=1S/C27H39ClN2O2/c1-8-10-11-24(19(3)9-2)30(16-27(7)17-31-26(5,6)32-18-27)25-20(4)15-29-23-14-21(28)12-13-22(23)25/h12-15H,8-11,16-18H2,1-7H3/b24-19+. The molecule has 176 valence electrons. The number of aromatic nitrogens is 1. The minimum Gasteiger partial charge on any atom is -0.350 e. The molecule has 5 heteroatoms. The third kappa shape index (κ3) is 5.65. The van der Waals surface area contributed by atoms with E-state index in [-0.39, 0.29) is 5.41 Å². The molecule has 1 aromatic heterocycles. The summed E-state index contributed by atoms with van der Waals surface area (Å²) < 4.78 is 12.2. The number of ether oxygens (including phenoxy) is 2. The van der Waals surface area contributed by atoms with Crippen LogP contribution in [0.2, 0.25) is 5.02 Å². The summed E-state index contributed by atoms with van der Waals surface area (Å²) in [6, 6.07) is 6.03. The fourth-order valence-electron chi connectivity index (χ4n) is 4.30. The van der Waals surface area contributed by atoms with Gasteiger partial charge < -0.3 is 14.4 Å². The largest absolute Gasteiger partial charge is 0.350 e. The van der Waals surface area contributed by atoms with Crippen molar-refractivity contribution in [2.45, 2.75) is 79.9 Å². The molecule has 3 rings (SSSR count). The molecule has 0 aliphatic carbocycles. The Morgan fingerprint density at radius 3 is 2.47 bits per heavy atom. The molecule has 0 unspecified atom stereocenters. The second kappa shape index (κ2) is 10.1. The number of hydrogen-bond donors (Lipinski definition) is 0. The zero-order valence-electron chi connectivity index (χ0n) is 20.8. The zero-order valence-corrected chi connectivity index (χ0v) is 21.6. The second-order valence-corrected chi connectivity index (χ2v) is 10.4. The van der Waals surface area contributed by atoms with Gasteiger partial charge in [-0.25, -0.2) is 0 Å². The predicted molar refractivity (Wildman–Crippen MR) is 135 cm³/mol. The minimum absolute atomic E-state index is 0.129. The first-order valence-electron chi connectivity index (χ1n) is 11.9. The Bertz CT molecular complexity index is 973. The van der Waals surface area contributed by atoms with E-state index in [4.69, 9.17) is 21.1 Å². The van der Waals surface area contributed by atoms with Crippen molar-refractivity contribution < 1.29 is 9.47 Å². The Labute approximate surface area is 198 Å². The van der Waals surface area contributed by atoms with Gasteiger partial charge in [0.2, 0.25) is 0 Å². The summed E-state index contributed by atoms with van der Waals surface area (Å²) in [6.45, 7) is 17.3. The first kappa shape index (κ1) is 25.0. The molecule has 1 saturated heterocycles. The Morgan fingerprint density at radius 1 is 1.16 bits per heavy atom. The lowest BCUT2D eigenvalue weighted by Gasteiger charge is -2.45. The molecule has 0 radical (unpaired) electrons. The maximum atomic E-state index is 6.30. The van der Waals surface area contributed by atoms with E-state index in [0.29, 0.717) is 18.2 Å². The van der Waals surface area contributed by atoms with Gasteiger partial charge in [0.15, 0.2) is 5.79 Å². The van der Waals surface area contributed by atoms with Crippen LogP contribution in [0.3, 0.4) is 0 Å². The topological polar surface area (TPSA) is 34.6 Å². The molecule has 2 heterocycles. The smallest absolute Gasteiger partial charge is 0.162 e. The lowest BCUT2D eigenvalue weighted by molar-refractivity contribution is -0.280. The van der Waals surface area contributed by atoms with Gasteiger partial charge in [0, 0.05) is 34.3 Å². The van der Waals surface area contributed by atoms with Crippen molar-refractivity contribution in [1.29, 1.82) is 0 Å². The Kier molecular flexibility index (Phi) is 7.90. The number of halogens is 1. The molecular formula is C27H39ClN2O2. The third-order valence-electron chi connectivity index (χ3n) is 6.45. The summed E-state index contributed by atoms with van der Waals surface area (Å²) in [4.78, 5) is 7.21. The quantitative estimate of drug-likeness (QED) is 0.406. The number of allylic oxidation sites excluding steroid dienone is 2. The van der Waals surface area contributed by atoms with Gasteiger partial charge in [-0.1, -0.05) is 44.4 Å². The Hall–Kier alpha value is -1.62. The number of pyridine rings is 1. The summed E-state index contributed by atoms with van der Waals surface area (Å²) >= 11 is 6.30. The van der Waals surface area contributed by atoms with Crippen LogP contribution in [0, 0.1) is 12.3 Å². The van der Waals surface area contributed by atoms with Crippen LogP contribution in [0.25, 0.3) is 10.9 Å². The molecule has 0 bridgehead atoms. The van der Waals surface area contributed by atoms with Crippen LogP contribution < -0.4 is 4.90 Å². The van der Waals surface area contributed by atoms with Crippen LogP contribution in [-0.2, 0) is 9.47 Å². The predicted octanol–water partition coefficient (Wildman–Crippen LogP) is 7.67. The van der Waals surface area contributed by atoms with E-state index in [0.717, 1.165) is 43.1 Å². The maximum absolute atomic E-state index is 6.30. The Balaban J connectivity index is 2.15. The van der Waals surface area contributed by atoms with Gasteiger partial charge in [-0.05, 0) is 70.7 Å². The number of fused-ring (bicyclic) bond motifs is 1. The molecule has 0 amide bonds. The van der Waals surface area contributed by atoms with Gasteiger partial charge in [0.25, 0.3) is 0 Å². The number of hydrogen-bond acceptors (Lipinski definition) is 4. The first-order valence-corrected chi connectivity index (χ1v) is 12.3. The number of nitrogens with zero attached hydrogens (tertiary/aromatic N) is 2. The highest BCUT2D eigenvalue weighted by Crippen LogP contribution is 2.39. The highest BCUT2D eigenvalue weighted by molar-refractivity contribution is 6.31. The van der Waals surface area contributed by atoms with Crippen molar-refractivity contribution in [3.63, 3.8) is 0 Å². The molecule has 1 aliphatic heterocycles. The second-order valence-electron chi connectivity index (χ2n) is 10.0. The van der Waals surface area contributed by atoms with Crippen LogP contribution in [0.5, 0.6) is 0 Å². The van der Waals surface area contributed by atoms with E-state index in [1.165, 1.54) is 22.5 Å². The highest BCUT2D eigenvalue weighted by atomic mass is 35.5. The molecule has 0 N–H and O–H groups in total. The van der Waals surface area contributed by atoms with Crippen molar-refractivity contribution in [3.8, 4) is 0 Å². The summed E-state index contributed by atoms with van der Waals surface area (Å²) in [5, 5.41) is 1.84. The van der Waals surface area contributed by atoms with Crippen LogP contribution >= 0.6 is 11.6 Å². The van der Waals surface area contributed by atoms with E-state index in [2.05, 4.69) is 50.6 Å². The van der Waals surface area contributed by atoms with Gasteiger partial charge in [0.05, 0.1) is 24.4 Å². The monoisotopic (exact) mass is 458 g/mol. The lowest BCUT2D eigenvalue weighted by Crippen LogP contribution is -2.50. The van der Waals surface area contributed by atoms with Crippen LogP contribution in [0.1, 0.15) is 72.8 Å². The molecule has 1 aromatic carbocycles. The van der Waals surface area contributed by atoms with Crippen molar-refractivity contribution in [1.82, 2.24) is 4.98 Å². The molecule has 0 spiro atoms. The number of anilines is 1. The van der Waals surface area contributed by atoms with E-state index >= 15 is 0 Å². The van der Waals surface area contributed by atoms with Gasteiger partial charge in [-0.2, -0.15) is 0 Å². The van der Waals surface area contributed by atoms with E-state index in [1.54, 1.807) is 0 Å². The fraction of sp³-hybridized carbons (Fsp3) is 0.593. The highest BCUT2D eigenvalue weighted by Gasteiger charge is 2.39. The molecular weight excluding hydrogens is 420 g/mol. The van der Waals surface area contributed by atoms with Gasteiger partial charge in [-0.3, -0.25) is 4.98 Å². The van der Waals surface area contributed by atoms with Gasteiger partial charge >= 0.3 is 0 Å². The number of benzene rings is 1. The third-order valence-corrected chi connectivity index (χ3v) is 6.68. The van der Waals surface area contributed by atoms with Crippen molar-refractivity contribution in [2.75, 3.05) is 24.7 Å². The minimum atomic E-state index is -0.527. The molecule has 0 atom stereocenters. The summed E-state index contributed by atoms with van der Waals surface area (Å²) in [7, 11) is 0. The number of rotatable bonds is 8.